The Labute approximate surface area is 148 Å². The van der Waals surface area contributed by atoms with Gasteiger partial charge in [-0.2, -0.15) is 0 Å². The Bertz CT molecular complexity index is 700. The van der Waals surface area contributed by atoms with Gasteiger partial charge < -0.3 is 19.5 Å². The third-order valence-corrected chi connectivity index (χ3v) is 3.48. The number of methoxy groups -OCH3 is 1. The van der Waals surface area contributed by atoms with Crippen molar-refractivity contribution in [1.29, 1.82) is 0 Å². The van der Waals surface area contributed by atoms with Gasteiger partial charge in [0.2, 0.25) is 0 Å². The number of rotatable bonds is 9. The summed E-state index contributed by atoms with van der Waals surface area (Å²) in [6.45, 7) is 5.30. The summed E-state index contributed by atoms with van der Waals surface area (Å²) < 4.78 is 16.7. The minimum Gasteiger partial charge on any atom is -0.496 e. The Morgan fingerprint density at radius 3 is 2.28 bits per heavy atom. The van der Waals surface area contributed by atoms with E-state index in [-0.39, 0.29) is 5.91 Å². The predicted octanol–water partition coefficient (Wildman–Crippen LogP) is 4.53. The molecule has 1 N–H and O–H groups in total. The quantitative estimate of drug-likeness (QED) is 0.727. The fraction of sp³-hybridized carbons (Fsp3) is 0.350. The molecule has 2 aromatic rings. The van der Waals surface area contributed by atoms with Crippen molar-refractivity contribution in [2.75, 3.05) is 25.6 Å². The molecular weight excluding hydrogens is 318 g/mol. The van der Waals surface area contributed by atoms with Crippen LogP contribution in [0, 0.1) is 0 Å². The molecule has 1 amide bonds. The monoisotopic (exact) mass is 343 g/mol. The van der Waals surface area contributed by atoms with Gasteiger partial charge in [-0.05, 0) is 37.1 Å². The topological polar surface area (TPSA) is 56.8 Å². The van der Waals surface area contributed by atoms with E-state index in [0.717, 1.165) is 12.8 Å². The van der Waals surface area contributed by atoms with Crippen molar-refractivity contribution in [3.63, 3.8) is 0 Å². The van der Waals surface area contributed by atoms with E-state index in [4.69, 9.17) is 14.2 Å². The number of benzene rings is 2. The Hall–Kier alpha value is -2.69. The maximum Gasteiger partial charge on any atom is 0.259 e. The van der Waals surface area contributed by atoms with Crippen molar-refractivity contribution in [2.45, 2.75) is 26.7 Å². The third-order valence-electron chi connectivity index (χ3n) is 3.48. The molecule has 0 spiro atoms. The zero-order valence-electron chi connectivity index (χ0n) is 15.0. The molecule has 0 radical (unpaired) electrons. The fourth-order valence-corrected chi connectivity index (χ4v) is 2.27. The average molecular weight is 343 g/mol. The molecule has 0 saturated carbocycles. The second-order valence-corrected chi connectivity index (χ2v) is 5.51. The summed E-state index contributed by atoms with van der Waals surface area (Å²) in [7, 11) is 1.54. The van der Waals surface area contributed by atoms with Crippen LogP contribution in [0.1, 0.15) is 37.0 Å². The largest absolute Gasteiger partial charge is 0.496 e. The molecule has 0 aliphatic rings. The van der Waals surface area contributed by atoms with Gasteiger partial charge in [-0.3, -0.25) is 4.79 Å². The first-order valence-corrected chi connectivity index (χ1v) is 8.53. The number of carbonyl (C=O) groups is 1. The van der Waals surface area contributed by atoms with Crippen molar-refractivity contribution >= 4 is 11.6 Å². The zero-order chi connectivity index (χ0) is 18.1. The Morgan fingerprint density at radius 2 is 1.60 bits per heavy atom. The van der Waals surface area contributed by atoms with Crippen molar-refractivity contribution in [2.24, 2.45) is 0 Å². The summed E-state index contributed by atoms with van der Waals surface area (Å²) in [5.41, 5.74) is 1.12. The molecule has 0 fully saturated rings. The molecule has 0 saturated heterocycles. The Balaban J connectivity index is 2.19. The van der Waals surface area contributed by atoms with Crippen LogP contribution in [0.3, 0.4) is 0 Å². The second-order valence-electron chi connectivity index (χ2n) is 5.51. The lowest BCUT2D eigenvalue weighted by atomic mass is 10.2. The number of hydrogen-bond acceptors (Lipinski definition) is 4. The van der Waals surface area contributed by atoms with E-state index in [2.05, 4.69) is 12.2 Å². The first kappa shape index (κ1) is 18.6. The van der Waals surface area contributed by atoms with Crippen LogP contribution in [0.5, 0.6) is 17.2 Å². The van der Waals surface area contributed by atoms with E-state index in [1.807, 2.05) is 19.1 Å². The van der Waals surface area contributed by atoms with Crippen LogP contribution >= 0.6 is 0 Å². The molecule has 0 atom stereocenters. The summed E-state index contributed by atoms with van der Waals surface area (Å²) in [5, 5.41) is 2.88. The van der Waals surface area contributed by atoms with Gasteiger partial charge in [0, 0.05) is 11.8 Å². The summed E-state index contributed by atoms with van der Waals surface area (Å²) in [6.07, 6.45) is 1.81. The van der Waals surface area contributed by atoms with Crippen LogP contribution < -0.4 is 19.5 Å². The van der Waals surface area contributed by atoms with E-state index < -0.39 is 0 Å². The highest BCUT2D eigenvalue weighted by Crippen LogP contribution is 2.31. The maximum atomic E-state index is 12.5. The Morgan fingerprint density at radius 1 is 0.920 bits per heavy atom. The summed E-state index contributed by atoms with van der Waals surface area (Å²) in [4.78, 5) is 12.5. The number of ether oxygens (including phenoxy) is 3. The number of anilines is 1. The standard InChI is InChI=1S/C20H25NO4/c1-4-12-24-18-11-10-15(14-19(18)25-13-5-2)21-20(22)16-8-6-7-9-17(16)23-3/h6-11,14H,4-5,12-13H2,1-3H3,(H,21,22). The van der Waals surface area contributed by atoms with Gasteiger partial charge in [-0.15, -0.1) is 0 Å². The molecule has 5 nitrogen and oxygen atoms in total. The van der Waals surface area contributed by atoms with Gasteiger partial charge in [0.05, 0.1) is 25.9 Å². The molecule has 0 bridgehead atoms. The number of hydrogen-bond donors (Lipinski definition) is 1. The molecular formula is C20H25NO4. The van der Waals surface area contributed by atoms with Gasteiger partial charge in [-0.25, -0.2) is 0 Å². The molecule has 0 aliphatic carbocycles. The molecule has 2 rings (SSSR count). The molecule has 25 heavy (non-hydrogen) atoms. The Kier molecular flexibility index (Phi) is 7.14. The van der Waals surface area contributed by atoms with Crippen LogP contribution in [0.4, 0.5) is 5.69 Å². The van der Waals surface area contributed by atoms with Crippen molar-refractivity contribution < 1.29 is 19.0 Å². The molecule has 0 heterocycles. The van der Waals surface area contributed by atoms with Crippen molar-refractivity contribution in [1.82, 2.24) is 0 Å². The first-order valence-electron chi connectivity index (χ1n) is 8.53. The highest BCUT2D eigenvalue weighted by molar-refractivity contribution is 6.06. The lowest BCUT2D eigenvalue weighted by Gasteiger charge is -2.14. The molecule has 0 aromatic heterocycles. The molecule has 0 aliphatic heterocycles. The van der Waals surface area contributed by atoms with Crippen LogP contribution in [-0.4, -0.2) is 26.2 Å². The van der Waals surface area contributed by atoms with Gasteiger partial charge in [0.15, 0.2) is 11.5 Å². The van der Waals surface area contributed by atoms with E-state index in [1.54, 1.807) is 37.4 Å². The molecule has 134 valence electrons. The number of para-hydroxylation sites is 1. The highest BCUT2D eigenvalue weighted by atomic mass is 16.5. The SMILES string of the molecule is CCCOc1ccc(NC(=O)c2ccccc2OC)cc1OCCC. The first-order chi connectivity index (χ1) is 12.2. The van der Waals surface area contributed by atoms with Crippen molar-refractivity contribution in [3.05, 3.63) is 48.0 Å². The summed E-state index contributed by atoms with van der Waals surface area (Å²) >= 11 is 0. The van der Waals surface area contributed by atoms with Crippen LogP contribution in [0.15, 0.2) is 42.5 Å². The smallest absolute Gasteiger partial charge is 0.259 e. The molecule has 5 heteroatoms. The van der Waals surface area contributed by atoms with E-state index in [9.17, 15) is 4.79 Å². The lowest BCUT2D eigenvalue weighted by molar-refractivity contribution is 0.102. The van der Waals surface area contributed by atoms with E-state index in [1.165, 1.54) is 0 Å². The van der Waals surface area contributed by atoms with Gasteiger partial charge in [0.25, 0.3) is 5.91 Å². The summed E-state index contributed by atoms with van der Waals surface area (Å²) in [5.74, 6) is 1.62. The van der Waals surface area contributed by atoms with E-state index >= 15 is 0 Å². The minimum atomic E-state index is -0.235. The zero-order valence-corrected chi connectivity index (χ0v) is 15.0. The highest BCUT2D eigenvalue weighted by Gasteiger charge is 2.13. The number of amides is 1. The maximum absolute atomic E-state index is 12.5. The normalized spacial score (nSPS) is 10.2. The fourth-order valence-electron chi connectivity index (χ4n) is 2.27. The second kappa shape index (κ2) is 9.57. The van der Waals surface area contributed by atoms with Gasteiger partial charge >= 0.3 is 0 Å². The minimum absolute atomic E-state index is 0.235. The van der Waals surface area contributed by atoms with E-state index in [0.29, 0.717) is 41.7 Å². The van der Waals surface area contributed by atoms with Gasteiger partial charge in [0.1, 0.15) is 5.75 Å². The predicted molar refractivity (Wildman–Crippen MR) is 99.0 cm³/mol. The third kappa shape index (κ3) is 5.14. The summed E-state index contributed by atoms with van der Waals surface area (Å²) in [6, 6.07) is 12.5. The number of nitrogens with one attached hydrogen (secondary N) is 1. The number of carbonyl (C=O) groups excluding carboxylic acids is 1. The van der Waals surface area contributed by atoms with Crippen LogP contribution in [-0.2, 0) is 0 Å². The van der Waals surface area contributed by atoms with Crippen molar-refractivity contribution in [3.8, 4) is 17.2 Å². The lowest BCUT2D eigenvalue weighted by Crippen LogP contribution is -2.13. The molecule has 2 aromatic carbocycles. The molecule has 0 unspecified atom stereocenters. The van der Waals surface area contributed by atoms with Crippen LogP contribution in [0.2, 0.25) is 0 Å². The average Bonchev–Trinajstić information content (AvgIpc) is 2.65. The van der Waals surface area contributed by atoms with Crippen LogP contribution in [0.25, 0.3) is 0 Å². The van der Waals surface area contributed by atoms with Gasteiger partial charge in [-0.1, -0.05) is 26.0 Å².